The molecule has 0 bridgehead atoms. The average molecular weight is 354 g/mol. The first-order valence-electron chi connectivity index (χ1n) is 6.37. The molecule has 122 valence electrons. The van der Waals surface area contributed by atoms with Crippen molar-refractivity contribution in [3.8, 4) is 0 Å². The highest BCUT2D eigenvalue weighted by Gasteiger charge is 2.28. The number of nitrogen functional groups attached to an aromatic ring is 1. The topological polar surface area (TPSA) is 123 Å². The first kappa shape index (κ1) is 17.0. The molecule has 0 saturated heterocycles. The van der Waals surface area contributed by atoms with Crippen molar-refractivity contribution in [1.29, 1.82) is 0 Å². The smallest absolute Gasteiger partial charge is 0.265 e. The van der Waals surface area contributed by atoms with Gasteiger partial charge in [-0.15, -0.1) is 0 Å². The molecule has 3 N–H and O–H groups in total. The number of carbonyl (C=O) groups is 1. The second-order valence-corrected chi connectivity index (χ2v) is 8.25. The van der Waals surface area contributed by atoms with Crippen LogP contribution >= 0.6 is 0 Å². The van der Waals surface area contributed by atoms with Gasteiger partial charge in [-0.3, -0.25) is 4.79 Å². The molecule has 1 amide bonds. The molecule has 0 aliphatic heterocycles. The zero-order valence-electron chi connectivity index (χ0n) is 12.1. The minimum absolute atomic E-state index is 0.0998. The van der Waals surface area contributed by atoms with Gasteiger partial charge in [-0.25, -0.2) is 21.6 Å². The Morgan fingerprint density at radius 1 is 0.913 bits per heavy atom. The first-order valence-corrected chi connectivity index (χ1v) is 9.34. The summed E-state index contributed by atoms with van der Waals surface area (Å²) in [6.07, 6.45) is 0. The van der Waals surface area contributed by atoms with Crippen LogP contribution in [0.25, 0.3) is 0 Å². The second-order valence-electron chi connectivity index (χ2n) is 4.68. The third-order valence-electron chi connectivity index (χ3n) is 2.90. The molecule has 0 aliphatic rings. The molecule has 0 spiro atoms. The molecule has 23 heavy (non-hydrogen) atoms. The van der Waals surface area contributed by atoms with Crippen molar-refractivity contribution in [2.24, 2.45) is 0 Å². The number of hydrogen-bond acceptors (Lipinski definition) is 6. The van der Waals surface area contributed by atoms with Gasteiger partial charge >= 0.3 is 0 Å². The van der Waals surface area contributed by atoms with Gasteiger partial charge in [0.2, 0.25) is 15.7 Å². The van der Waals surface area contributed by atoms with Crippen molar-refractivity contribution in [1.82, 2.24) is 4.72 Å². The zero-order chi connectivity index (χ0) is 17.3. The minimum Gasteiger partial charge on any atom is -0.399 e. The lowest BCUT2D eigenvalue weighted by Gasteiger charge is -2.11. The van der Waals surface area contributed by atoms with E-state index in [1.165, 1.54) is 42.5 Å². The molecule has 2 aromatic carbocycles. The third kappa shape index (κ3) is 3.51. The Hall–Kier alpha value is -2.39. The number of rotatable bonds is 4. The van der Waals surface area contributed by atoms with Crippen molar-refractivity contribution >= 4 is 31.5 Å². The lowest BCUT2D eigenvalue weighted by Crippen LogP contribution is -2.29. The number of sulfonamides is 1. The highest BCUT2D eigenvalue weighted by Crippen LogP contribution is 2.27. The van der Waals surface area contributed by atoms with Gasteiger partial charge in [-0.2, -0.15) is 0 Å². The molecule has 7 nitrogen and oxygen atoms in total. The van der Waals surface area contributed by atoms with Gasteiger partial charge in [0.1, 0.15) is 4.90 Å². The van der Waals surface area contributed by atoms with Crippen molar-refractivity contribution in [3.63, 3.8) is 0 Å². The standard InChI is InChI=1S/C14H14N2O5S2/c1-10(17)16-23(20,21)14-5-3-2-4-13(14)22(18,19)12-8-6-11(15)7-9-12/h2-9H,15H2,1H3,(H,16,17). The summed E-state index contributed by atoms with van der Waals surface area (Å²) in [5.74, 6) is -0.815. The molecular formula is C14H14N2O5S2. The molecule has 0 atom stereocenters. The molecule has 0 aliphatic carbocycles. The van der Waals surface area contributed by atoms with Crippen molar-refractivity contribution in [2.45, 2.75) is 21.6 Å². The summed E-state index contributed by atoms with van der Waals surface area (Å²) in [5.41, 5.74) is 5.90. The van der Waals surface area contributed by atoms with Gasteiger partial charge in [-0.1, -0.05) is 12.1 Å². The van der Waals surface area contributed by atoms with Crippen LogP contribution in [-0.2, 0) is 24.7 Å². The molecule has 0 heterocycles. The van der Waals surface area contributed by atoms with Crippen molar-refractivity contribution < 1.29 is 21.6 Å². The van der Waals surface area contributed by atoms with Crippen LogP contribution in [0.5, 0.6) is 0 Å². The molecule has 9 heteroatoms. The van der Waals surface area contributed by atoms with Crippen molar-refractivity contribution in [2.75, 3.05) is 5.73 Å². The van der Waals surface area contributed by atoms with E-state index in [9.17, 15) is 21.6 Å². The number of benzene rings is 2. The van der Waals surface area contributed by atoms with Gasteiger partial charge in [0.25, 0.3) is 10.0 Å². The van der Waals surface area contributed by atoms with Crippen LogP contribution in [0.2, 0.25) is 0 Å². The largest absolute Gasteiger partial charge is 0.399 e. The maximum absolute atomic E-state index is 12.7. The van der Waals surface area contributed by atoms with Gasteiger partial charge in [0.05, 0.1) is 9.79 Å². The SMILES string of the molecule is CC(=O)NS(=O)(=O)c1ccccc1S(=O)(=O)c1ccc(N)cc1. The molecule has 0 saturated carbocycles. The van der Waals surface area contributed by atoms with E-state index in [2.05, 4.69) is 0 Å². The molecule has 0 unspecified atom stereocenters. The normalized spacial score (nSPS) is 11.9. The van der Waals surface area contributed by atoms with E-state index in [1.807, 2.05) is 0 Å². The highest BCUT2D eigenvalue weighted by molar-refractivity contribution is 7.94. The lowest BCUT2D eigenvalue weighted by molar-refractivity contribution is -0.117. The van der Waals surface area contributed by atoms with E-state index in [1.54, 1.807) is 4.72 Å². The molecule has 0 aromatic heterocycles. The Labute approximate surface area is 134 Å². The van der Waals surface area contributed by atoms with E-state index in [4.69, 9.17) is 5.73 Å². The summed E-state index contributed by atoms with van der Waals surface area (Å²) >= 11 is 0. The number of hydrogen-bond donors (Lipinski definition) is 2. The van der Waals surface area contributed by atoms with E-state index >= 15 is 0 Å². The molecule has 0 radical (unpaired) electrons. The minimum atomic E-state index is -4.29. The number of amides is 1. The highest BCUT2D eigenvalue weighted by atomic mass is 32.2. The lowest BCUT2D eigenvalue weighted by atomic mass is 10.3. The fourth-order valence-corrected chi connectivity index (χ4v) is 4.99. The van der Waals surface area contributed by atoms with Crippen LogP contribution in [0.1, 0.15) is 6.92 Å². The summed E-state index contributed by atoms with van der Waals surface area (Å²) in [6.45, 7) is 1.02. The third-order valence-corrected chi connectivity index (χ3v) is 6.34. The van der Waals surface area contributed by atoms with Crippen molar-refractivity contribution in [3.05, 3.63) is 48.5 Å². The molecule has 0 fully saturated rings. The van der Waals surface area contributed by atoms with Gasteiger partial charge in [0, 0.05) is 12.6 Å². The van der Waals surface area contributed by atoms with Crippen LogP contribution in [0.15, 0.2) is 63.2 Å². The Morgan fingerprint density at radius 2 is 1.43 bits per heavy atom. The first-order chi connectivity index (χ1) is 10.6. The Bertz CT molecular complexity index is 949. The van der Waals surface area contributed by atoms with Crippen LogP contribution in [-0.4, -0.2) is 22.7 Å². The predicted molar refractivity (Wildman–Crippen MR) is 83.8 cm³/mol. The summed E-state index contributed by atoms with van der Waals surface area (Å²) in [6, 6.07) is 10.4. The number of nitrogens with two attached hydrogens (primary N) is 1. The maximum atomic E-state index is 12.7. The van der Waals surface area contributed by atoms with Gasteiger partial charge in [0.15, 0.2) is 0 Å². The number of carbonyl (C=O) groups excluding carboxylic acids is 1. The Kier molecular flexibility index (Phi) is 4.44. The number of anilines is 1. The van der Waals surface area contributed by atoms with E-state index in [-0.39, 0.29) is 4.90 Å². The van der Waals surface area contributed by atoms with Gasteiger partial charge in [-0.05, 0) is 36.4 Å². The predicted octanol–water partition coefficient (Wildman–Crippen LogP) is 0.926. The maximum Gasteiger partial charge on any atom is 0.265 e. The van der Waals surface area contributed by atoms with Gasteiger partial charge < -0.3 is 5.73 Å². The Morgan fingerprint density at radius 3 is 1.96 bits per heavy atom. The number of sulfone groups is 1. The van der Waals surface area contributed by atoms with Crippen LogP contribution < -0.4 is 10.5 Å². The fraction of sp³-hybridized carbons (Fsp3) is 0.0714. The fourth-order valence-electron chi connectivity index (χ4n) is 1.91. The zero-order valence-corrected chi connectivity index (χ0v) is 13.7. The molecule has 2 aromatic rings. The summed E-state index contributed by atoms with van der Waals surface area (Å²) < 4.78 is 51.5. The van der Waals surface area contributed by atoms with Crippen LogP contribution in [0, 0.1) is 0 Å². The molecular weight excluding hydrogens is 340 g/mol. The second kappa shape index (κ2) is 6.01. The van der Waals surface area contributed by atoms with E-state index in [0.29, 0.717) is 5.69 Å². The van der Waals surface area contributed by atoms with E-state index < -0.39 is 35.6 Å². The van der Waals surface area contributed by atoms with E-state index in [0.717, 1.165) is 13.0 Å². The monoisotopic (exact) mass is 354 g/mol. The Balaban J connectivity index is 2.65. The summed E-state index contributed by atoms with van der Waals surface area (Å²) in [4.78, 5) is 10.0. The quantitative estimate of drug-likeness (QED) is 0.787. The average Bonchev–Trinajstić information content (AvgIpc) is 2.46. The van der Waals surface area contributed by atoms with Crippen LogP contribution in [0.4, 0.5) is 5.69 Å². The number of nitrogens with one attached hydrogen (secondary N) is 1. The summed E-state index contributed by atoms with van der Waals surface area (Å²) in [5, 5.41) is 0. The van der Waals surface area contributed by atoms with Crippen LogP contribution in [0.3, 0.4) is 0 Å². The summed E-state index contributed by atoms with van der Waals surface area (Å²) in [7, 11) is -8.38. The molecule has 2 rings (SSSR count).